The van der Waals surface area contributed by atoms with Crippen LogP contribution in [0.1, 0.15) is 36.0 Å². The fourth-order valence-electron chi connectivity index (χ4n) is 2.46. The third-order valence-corrected chi connectivity index (χ3v) is 3.64. The van der Waals surface area contributed by atoms with Crippen molar-refractivity contribution in [3.63, 3.8) is 0 Å². The van der Waals surface area contributed by atoms with Crippen molar-refractivity contribution in [2.45, 2.75) is 31.8 Å². The molecule has 1 saturated carbocycles. The predicted molar refractivity (Wildman–Crippen MR) is 72.3 cm³/mol. The molecule has 1 aromatic carbocycles. The second-order valence-corrected chi connectivity index (χ2v) is 5.20. The molecule has 0 aliphatic heterocycles. The van der Waals surface area contributed by atoms with Gasteiger partial charge in [-0.3, -0.25) is 0 Å². The first-order chi connectivity index (χ1) is 10.5. The monoisotopic (exact) mass is 309 g/mol. The number of esters is 1. The van der Waals surface area contributed by atoms with Crippen LogP contribution in [-0.2, 0) is 4.74 Å². The minimum Gasteiger partial charge on any atom is -0.459 e. The molecule has 0 atom stereocenters. The topological polar surface area (TPSA) is 50.1 Å². The lowest BCUT2D eigenvalue weighted by Gasteiger charge is -2.26. The van der Waals surface area contributed by atoms with Gasteiger partial charge in [0.15, 0.2) is 17.5 Å². The Labute approximate surface area is 126 Å². The SMILES string of the molecule is N#CC(F)=C[C@H]1CC[C@H](OC(=O)c2ccc(F)c(F)c2)CC1. The van der Waals surface area contributed by atoms with Crippen LogP contribution in [0.5, 0.6) is 0 Å². The quantitative estimate of drug-likeness (QED) is 0.625. The van der Waals surface area contributed by atoms with Gasteiger partial charge in [0.2, 0.25) is 0 Å². The van der Waals surface area contributed by atoms with Crippen molar-refractivity contribution in [1.29, 1.82) is 5.26 Å². The van der Waals surface area contributed by atoms with Gasteiger partial charge in [-0.25, -0.2) is 13.6 Å². The Hall–Kier alpha value is -2.29. The van der Waals surface area contributed by atoms with Gasteiger partial charge in [0.1, 0.15) is 12.2 Å². The summed E-state index contributed by atoms with van der Waals surface area (Å²) in [5, 5.41) is 8.38. The number of carbonyl (C=O) groups is 1. The molecule has 2 rings (SSSR count). The number of ether oxygens (including phenoxy) is 1. The van der Waals surface area contributed by atoms with Crippen molar-refractivity contribution in [3.05, 3.63) is 47.3 Å². The maximum Gasteiger partial charge on any atom is 0.338 e. The zero-order valence-electron chi connectivity index (χ0n) is 11.7. The molecule has 6 heteroatoms. The molecule has 22 heavy (non-hydrogen) atoms. The van der Waals surface area contributed by atoms with E-state index in [-0.39, 0.29) is 17.6 Å². The van der Waals surface area contributed by atoms with Gasteiger partial charge in [-0.15, -0.1) is 0 Å². The molecule has 1 aliphatic carbocycles. The zero-order chi connectivity index (χ0) is 16.1. The van der Waals surface area contributed by atoms with Crippen LogP contribution < -0.4 is 0 Å². The van der Waals surface area contributed by atoms with Crippen LogP contribution >= 0.6 is 0 Å². The van der Waals surface area contributed by atoms with Gasteiger partial charge < -0.3 is 4.74 Å². The highest BCUT2D eigenvalue weighted by molar-refractivity contribution is 5.89. The molecule has 0 spiro atoms. The number of nitrogens with zero attached hydrogens (tertiary/aromatic N) is 1. The number of carbonyl (C=O) groups excluding carboxylic acids is 1. The Kier molecular flexibility index (Phi) is 5.21. The molecule has 1 aliphatic rings. The van der Waals surface area contributed by atoms with E-state index in [4.69, 9.17) is 10.00 Å². The standard InChI is InChI=1S/C16H14F3NO2/c17-12(9-20)7-10-1-4-13(5-2-10)22-16(21)11-3-6-14(18)15(19)8-11/h3,6-8,10,13H,1-2,4-5H2/t10-,13-. The zero-order valence-corrected chi connectivity index (χ0v) is 11.7. The van der Waals surface area contributed by atoms with Gasteiger partial charge in [0, 0.05) is 0 Å². The van der Waals surface area contributed by atoms with Crippen molar-refractivity contribution < 1.29 is 22.7 Å². The van der Waals surface area contributed by atoms with Crippen LogP contribution in [0.25, 0.3) is 0 Å². The van der Waals surface area contributed by atoms with Crippen molar-refractivity contribution in [1.82, 2.24) is 0 Å². The largest absolute Gasteiger partial charge is 0.459 e. The van der Waals surface area contributed by atoms with E-state index in [9.17, 15) is 18.0 Å². The summed E-state index contributed by atoms with van der Waals surface area (Å²) < 4.78 is 44.0. The third kappa shape index (κ3) is 4.10. The van der Waals surface area contributed by atoms with E-state index < -0.39 is 23.4 Å². The van der Waals surface area contributed by atoms with Crippen LogP contribution in [0.4, 0.5) is 13.2 Å². The van der Waals surface area contributed by atoms with Gasteiger partial charge in [0.25, 0.3) is 0 Å². The molecule has 0 N–H and O–H groups in total. The molecule has 116 valence electrons. The van der Waals surface area contributed by atoms with E-state index >= 15 is 0 Å². The van der Waals surface area contributed by atoms with Gasteiger partial charge in [-0.2, -0.15) is 9.65 Å². The summed E-state index contributed by atoms with van der Waals surface area (Å²) in [5.74, 6) is -3.68. The molecule has 0 bridgehead atoms. The van der Waals surface area contributed by atoms with Crippen LogP contribution in [0.3, 0.4) is 0 Å². The van der Waals surface area contributed by atoms with Crippen molar-refractivity contribution in [3.8, 4) is 6.07 Å². The number of halogens is 3. The Morgan fingerprint density at radius 3 is 2.50 bits per heavy atom. The van der Waals surface area contributed by atoms with Crippen LogP contribution in [0.2, 0.25) is 0 Å². The smallest absolute Gasteiger partial charge is 0.338 e. The second kappa shape index (κ2) is 7.12. The molecule has 1 aromatic rings. The normalized spacial score (nSPS) is 22.0. The maximum atomic E-state index is 13.1. The highest BCUT2D eigenvalue weighted by Gasteiger charge is 2.24. The van der Waals surface area contributed by atoms with E-state index in [2.05, 4.69) is 0 Å². The van der Waals surface area contributed by atoms with E-state index in [1.807, 2.05) is 0 Å². The lowest BCUT2D eigenvalue weighted by atomic mass is 9.87. The molecule has 0 amide bonds. The van der Waals surface area contributed by atoms with Crippen molar-refractivity contribution in [2.24, 2.45) is 5.92 Å². The van der Waals surface area contributed by atoms with Crippen LogP contribution in [0.15, 0.2) is 30.1 Å². The molecule has 3 nitrogen and oxygen atoms in total. The highest BCUT2D eigenvalue weighted by atomic mass is 19.2. The van der Waals surface area contributed by atoms with Gasteiger partial charge >= 0.3 is 5.97 Å². The predicted octanol–water partition coefficient (Wildman–Crippen LogP) is 4.06. The molecular formula is C16H14F3NO2. The lowest BCUT2D eigenvalue weighted by Crippen LogP contribution is -2.24. The average Bonchev–Trinajstić information content (AvgIpc) is 2.51. The number of hydrogen-bond acceptors (Lipinski definition) is 3. The first-order valence-corrected chi connectivity index (χ1v) is 6.93. The molecular weight excluding hydrogens is 295 g/mol. The lowest BCUT2D eigenvalue weighted by molar-refractivity contribution is 0.0183. The highest BCUT2D eigenvalue weighted by Crippen LogP contribution is 2.28. The molecule has 1 fully saturated rings. The third-order valence-electron chi connectivity index (χ3n) is 3.64. The Morgan fingerprint density at radius 1 is 1.23 bits per heavy atom. The fourth-order valence-corrected chi connectivity index (χ4v) is 2.46. The number of allylic oxidation sites excluding steroid dienone is 2. The summed E-state index contributed by atoms with van der Waals surface area (Å²) in [6.07, 6.45) is 3.23. The molecule has 0 saturated heterocycles. The first-order valence-electron chi connectivity index (χ1n) is 6.93. The van der Waals surface area contributed by atoms with E-state index in [1.165, 1.54) is 12.1 Å². The van der Waals surface area contributed by atoms with Gasteiger partial charge in [-0.1, -0.05) is 0 Å². The van der Waals surface area contributed by atoms with Crippen molar-refractivity contribution in [2.75, 3.05) is 0 Å². The fraction of sp³-hybridized carbons (Fsp3) is 0.375. The van der Waals surface area contributed by atoms with E-state index in [0.29, 0.717) is 25.7 Å². The van der Waals surface area contributed by atoms with Gasteiger partial charge in [0.05, 0.1) is 5.56 Å². The molecule has 0 heterocycles. The minimum atomic E-state index is -1.10. The minimum absolute atomic E-state index is 0.0436. The average molecular weight is 309 g/mol. The Morgan fingerprint density at radius 2 is 1.91 bits per heavy atom. The van der Waals surface area contributed by atoms with Crippen molar-refractivity contribution >= 4 is 5.97 Å². The summed E-state index contributed by atoms with van der Waals surface area (Å²) in [6, 6.07) is 4.27. The Bertz CT molecular complexity index is 629. The summed E-state index contributed by atoms with van der Waals surface area (Å²) in [5.41, 5.74) is -0.0450. The molecule has 0 aromatic heterocycles. The summed E-state index contributed by atoms with van der Waals surface area (Å²) in [4.78, 5) is 11.9. The second-order valence-electron chi connectivity index (χ2n) is 5.20. The number of hydrogen-bond donors (Lipinski definition) is 0. The summed E-state index contributed by atoms with van der Waals surface area (Å²) in [6.45, 7) is 0. The molecule has 0 unspecified atom stereocenters. The van der Waals surface area contributed by atoms with Crippen LogP contribution in [0, 0.1) is 28.9 Å². The number of rotatable bonds is 3. The van der Waals surface area contributed by atoms with Gasteiger partial charge in [-0.05, 0) is 55.9 Å². The molecule has 0 radical (unpaired) electrons. The maximum absolute atomic E-state index is 13.1. The number of nitriles is 1. The summed E-state index contributed by atoms with van der Waals surface area (Å²) >= 11 is 0. The number of benzene rings is 1. The van der Waals surface area contributed by atoms with E-state index in [1.54, 1.807) is 0 Å². The first kappa shape index (κ1) is 16.1. The van der Waals surface area contributed by atoms with Crippen LogP contribution in [-0.4, -0.2) is 12.1 Å². The Balaban J connectivity index is 1.89. The summed E-state index contributed by atoms with van der Waals surface area (Å²) in [7, 11) is 0. The van der Waals surface area contributed by atoms with E-state index in [0.717, 1.165) is 18.2 Å².